The van der Waals surface area contributed by atoms with E-state index in [-0.39, 0.29) is 6.54 Å². The number of aromatic nitrogens is 3. The van der Waals surface area contributed by atoms with E-state index in [4.69, 9.17) is 5.10 Å². The van der Waals surface area contributed by atoms with E-state index in [2.05, 4.69) is 9.71 Å². The molecule has 0 saturated heterocycles. The first-order chi connectivity index (χ1) is 13.9. The van der Waals surface area contributed by atoms with Crippen molar-refractivity contribution in [1.29, 1.82) is 0 Å². The van der Waals surface area contributed by atoms with E-state index in [1.165, 1.54) is 12.8 Å². The number of aryl methyl sites for hydroxylation is 2. The Morgan fingerprint density at radius 1 is 1.10 bits per heavy atom. The lowest BCUT2D eigenvalue weighted by Gasteiger charge is -2.13. The topological polar surface area (TPSA) is 76.9 Å². The Labute approximate surface area is 172 Å². The van der Waals surface area contributed by atoms with Crippen LogP contribution in [-0.4, -0.2) is 23.2 Å². The number of benzene rings is 1. The van der Waals surface area contributed by atoms with Crippen LogP contribution in [0.1, 0.15) is 48.5 Å². The van der Waals surface area contributed by atoms with Gasteiger partial charge in [0.1, 0.15) is 0 Å². The minimum absolute atomic E-state index is 0.148. The smallest absolute Gasteiger partial charge is 0.241 e. The molecule has 2 aromatic heterocycles. The third kappa shape index (κ3) is 4.26. The van der Waals surface area contributed by atoms with Crippen molar-refractivity contribution in [3.8, 4) is 11.4 Å². The molecule has 1 fully saturated rings. The van der Waals surface area contributed by atoms with Crippen molar-refractivity contribution in [3.63, 3.8) is 0 Å². The molecular weight excluding hydrogens is 384 g/mol. The summed E-state index contributed by atoms with van der Waals surface area (Å²) in [6, 6.07) is 13.4. The Hall–Kier alpha value is -2.51. The van der Waals surface area contributed by atoms with E-state index in [9.17, 15) is 8.42 Å². The van der Waals surface area contributed by atoms with Gasteiger partial charge < -0.3 is 0 Å². The molecule has 1 aliphatic carbocycles. The monoisotopic (exact) mass is 410 g/mol. The number of nitrogens with zero attached hydrogens (tertiary/aromatic N) is 3. The van der Waals surface area contributed by atoms with Crippen molar-refractivity contribution in [2.24, 2.45) is 0 Å². The summed E-state index contributed by atoms with van der Waals surface area (Å²) in [7, 11) is -3.61. The normalized spacial score (nSPS) is 15.1. The summed E-state index contributed by atoms with van der Waals surface area (Å²) in [6.07, 6.45) is 6.34. The highest BCUT2D eigenvalue weighted by atomic mass is 32.2. The third-order valence-electron chi connectivity index (χ3n) is 5.45. The molecule has 1 aromatic carbocycles. The fourth-order valence-electron chi connectivity index (χ4n) is 4.01. The molecular formula is C22H26N4O2S. The molecule has 6 nitrogen and oxygen atoms in total. The molecule has 0 radical (unpaired) electrons. The van der Waals surface area contributed by atoms with Crippen molar-refractivity contribution in [2.45, 2.75) is 57.0 Å². The highest BCUT2D eigenvalue weighted by Gasteiger charge is 2.23. The molecule has 1 N–H and O–H groups in total. The largest absolute Gasteiger partial charge is 0.260 e. The number of hydrogen-bond donors (Lipinski definition) is 1. The molecule has 152 valence electrons. The summed E-state index contributed by atoms with van der Waals surface area (Å²) >= 11 is 0. The maximum Gasteiger partial charge on any atom is 0.241 e. The Bertz CT molecular complexity index is 1100. The van der Waals surface area contributed by atoms with Crippen LogP contribution in [0.3, 0.4) is 0 Å². The second-order valence-corrected chi connectivity index (χ2v) is 9.45. The van der Waals surface area contributed by atoms with E-state index in [1.807, 2.05) is 54.9 Å². The Morgan fingerprint density at radius 3 is 2.59 bits per heavy atom. The van der Waals surface area contributed by atoms with Crippen LogP contribution in [0, 0.1) is 13.8 Å². The van der Waals surface area contributed by atoms with E-state index in [0.717, 1.165) is 35.4 Å². The first-order valence-corrected chi connectivity index (χ1v) is 11.5. The molecule has 0 unspecified atom stereocenters. The van der Waals surface area contributed by atoms with Crippen LogP contribution < -0.4 is 4.72 Å². The summed E-state index contributed by atoms with van der Waals surface area (Å²) in [5, 5.41) is 4.75. The first kappa shape index (κ1) is 19.8. The molecule has 0 aliphatic heterocycles. The van der Waals surface area contributed by atoms with E-state index >= 15 is 0 Å². The van der Waals surface area contributed by atoms with Gasteiger partial charge in [-0.05, 0) is 56.5 Å². The molecule has 1 saturated carbocycles. The number of hydrogen-bond acceptors (Lipinski definition) is 4. The average Bonchev–Trinajstić information content (AvgIpc) is 3.36. The third-order valence-corrected chi connectivity index (χ3v) is 7.01. The van der Waals surface area contributed by atoms with Crippen LogP contribution >= 0.6 is 0 Å². The Balaban J connectivity index is 1.60. The maximum absolute atomic E-state index is 12.8. The van der Waals surface area contributed by atoms with Gasteiger partial charge >= 0.3 is 0 Å². The molecule has 29 heavy (non-hydrogen) atoms. The van der Waals surface area contributed by atoms with Gasteiger partial charge in [0.15, 0.2) is 0 Å². The van der Waals surface area contributed by atoms with Crippen LogP contribution in [0.4, 0.5) is 0 Å². The quantitative estimate of drug-likeness (QED) is 0.662. The number of rotatable bonds is 6. The van der Waals surface area contributed by atoms with Crippen molar-refractivity contribution in [2.75, 3.05) is 0 Å². The van der Waals surface area contributed by atoms with Crippen molar-refractivity contribution in [3.05, 3.63) is 65.5 Å². The lowest BCUT2D eigenvalue weighted by atomic mass is 10.2. The molecule has 3 aromatic rings. The zero-order valence-electron chi connectivity index (χ0n) is 16.8. The SMILES string of the molecule is Cc1ccc(S(=O)(=O)NCc2cc(-c3ccccn3)n(C3CCCC3)n2)c(C)c1. The molecule has 0 bridgehead atoms. The predicted molar refractivity (Wildman–Crippen MR) is 113 cm³/mol. The summed E-state index contributed by atoms with van der Waals surface area (Å²) in [5.74, 6) is 0. The van der Waals surface area contributed by atoms with Gasteiger partial charge in [0.05, 0.1) is 34.6 Å². The van der Waals surface area contributed by atoms with Gasteiger partial charge in [0.25, 0.3) is 0 Å². The molecule has 2 heterocycles. The maximum atomic E-state index is 12.8. The summed E-state index contributed by atoms with van der Waals surface area (Å²) in [4.78, 5) is 4.78. The molecule has 0 amide bonds. The van der Waals surface area contributed by atoms with Gasteiger partial charge in [-0.1, -0.05) is 36.6 Å². The molecule has 0 spiro atoms. The standard InChI is InChI=1S/C22H26N4O2S/c1-16-10-11-22(17(2)13-16)29(27,28)24-15-18-14-21(20-9-5-6-12-23-20)26(25-18)19-7-3-4-8-19/h5-6,9-14,19,24H,3-4,7-8,15H2,1-2H3. The molecule has 0 atom stereocenters. The van der Waals surface area contributed by atoms with Crippen LogP contribution in [0.15, 0.2) is 53.6 Å². The van der Waals surface area contributed by atoms with E-state index < -0.39 is 10.0 Å². The van der Waals surface area contributed by atoms with Crippen molar-refractivity contribution >= 4 is 10.0 Å². The molecule has 1 aliphatic rings. The van der Waals surface area contributed by atoms with Crippen LogP contribution in [0.25, 0.3) is 11.4 Å². The zero-order valence-corrected chi connectivity index (χ0v) is 17.6. The predicted octanol–water partition coefficient (Wildman–Crippen LogP) is 4.16. The van der Waals surface area contributed by atoms with Crippen LogP contribution in [0.2, 0.25) is 0 Å². The summed E-state index contributed by atoms with van der Waals surface area (Å²) < 4.78 is 30.3. The first-order valence-electron chi connectivity index (χ1n) is 10.0. The van der Waals surface area contributed by atoms with Gasteiger partial charge in [-0.2, -0.15) is 5.10 Å². The minimum atomic E-state index is -3.61. The van der Waals surface area contributed by atoms with Crippen molar-refractivity contribution < 1.29 is 8.42 Å². The van der Waals surface area contributed by atoms with Crippen LogP contribution in [-0.2, 0) is 16.6 Å². The Kier molecular flexibility index (Phi) is 5.52. The molecule has 4 rings (SSSR count). The average molecular weight is 411 g/mol. The van der Waals surface area contributed by atoms with Gasteiger partial charge in [-0.25, -0.2) is 13.1 Å². The van der Waals surface area contributed by atoms with Gasteiger partial charge in [0.2, 0.25) is 10.0 Å². The summed E-state index contributed by atoms with van der Waals surface area (Å²) in [5.41, 5.74) is 4.28. The van der Waals surface area contributed by atoms with E-state index in [0.29, 0.717) is 16.6 Å². The Morgan fingerprint density at radius 2 is 1.90 bits per heavy atom. The lowest BCUT2D eigenvalue weighted by molar-refractivity contribution is 0.466. The fourth-order valence-corrected chi connectivity index (χ4v) is 5.24. The highest BCUT2D eigenvalue weighted by Crippen LogP contribution is 2.33. The zero-order chi connectivity index (χ0) is 20.4. The van der Waals surface area contributed by atoms with Gasteiger partial charge in [-0.3, -0.25) is 9.67 Å². The molecule has 7 heteroatoms. The second kappa shape index (κ2) is 8.08. The number of sulfonamides is 1. The number of pyridine rings is 1. The van der Waals surface area contributed by atoms with Gasteiger partial charge in [0, 0.05) is 6.20 Å². The fraction of sp³-hybridized carbons (Fsp3) is 0.364. The second-order valence-electron chi connectivity index (χ2n) is 7.71. The summed E-state index contributed by atoms with van der Waals surface area (Å²) in [6.45, 7) is 3.91. The van der Waals surface area contributed by atoms with Crippen LogP contribution in [0.5, 0.6) is 0 Å². The lowest BCUT2D eigenvalue weighted by Crippen LogP contribution is -2.24. The minimum Gasteiger partial charge on any atom is -0.260 e. The van der Waals surface area contributed by atoms with E-state index in [1.54, 1.807) is 12.3 Å². The highest BCUT2D eigenvalue weighted by molar-refractivity contribution is 7.89. The van der Waals surface area contributed by atoms with Gasteiger partial charge in [-0.15, -0.1) is 0 Å². The number of nitrogens with one attached hydrogen (secondary N) is 1. The van der Waals surface area contributed by atoms with Crippen molar-refractivity contribution in [1.82, 2.24) is 19.5 Å².